The Bertz CT molecular complexity index is 1730. The molecule has 1 N–H and O–H groups in total. The molecule has 8 heteroatoms. The molecule has 1 fully saturated rings. The number of hydrogen-bond donors (Lipinski definition) is 1. The van der Waals surface area contributed by atoms with E-state index in [1.165, 1.54) is 0 Å². The van der Waals surface area contributed by atoms with E-state index in [0.29, 0.717) is 12.3 Å². The molecular weight excluding hydrogens is 604 g/mol. The van der Waals surface area contributed by atoms with Crippen LogP contribution >= 0.6 is 0 Å². The summed E-state index contributed by atoms with van der Waals surface area (Å²) in [4.78, 5) is 33.0. The fourth-order valence-corrected chi connectivity index (χ4v) is 8.69. The second-order valence-electron chi connectivity index (χ2n) is 14.6. The van der Waals surface area contributed by atoms with E-state index < -0.39 is 22.7 Å². The molecule has 0 bridgehead atoms. The zero-order valence-electron chi connectivity index (χ0n) is 29.4. The smallest absolute Gasteiger partial charge is 0.265 e. The molecule has 6 rings (SSSR count). The molecule has 0 aliphatic carbocycles. The van der Waals surface area contributed by atoms with Gasteiger partial charge in [0.15, 0.2) is 5.60 Å². The molecule has 3 aliphatic heterocycles. The van der Waals surface area contributed by atoms with E-state index in [1.54, 1.807) is 19.1 Å². The number of anilines is 1. The van der Waals surface area contributed by atoms with Gasteiger partial charge in [-0.25, -0.2) is 0 Å². The molecule has 0 aromatic heterocycles. The normalized spacial score (nSPS) is 24.0. The third-order valence-corrected chi connectivity index (χ3v) is 10.9. The summed E-state index contributed by atoms with van der Waals surface area (Å²) >= 11 is 0. The first-order valence-corrected chi connectivity index (χ1v) is 16.8. The van der Waals surface area contributed by atoms with Crippen molar-refractivity contribution in [3.8, 4) is 11.5 Å². The maximum Gasteiger partial charge on any atom is 0.265 e. The highest BCUT2D eigenvalue weighted by Gasteiger charge is 2.68. The molecule has 3 heterocycles. The van der Waals surface area contributed by atoms with Gasteiger partial charge in [0.05, 0.1) is 44.6 Å². The number of aliphatic hydroxyl groups excluding tert-OH is 1. The van der Waals surface area contributed by atoms with E-state index in [9.17, 15) is 9.90 Å². The van der Waals surface area contributed by atoms with E-state index in [0.717, 1.165) is 39.3 Å². The lowest BCUT2D eigenvalue weighted by Gasteiger charge is -2.40. The second kappa shape index (κ2) is 12.4. The number of nitrogens with zero attached hydrogens (tertiary/aromatic N) is 2. The molecule has 3 aromatic rings. The van der Waals surface area contributed by atoms with Gasteiger partial charge in [-0.3, -0.25) is 14.5 Å². The van der Waals surface area contributed by atoms with Crippen molar-refractivity contribution in [2.45, 2.75) is 77.2 Å². The van der Waals surface area contributed by atoms with Gasteiger partial charge in [-0.1, -0.05) is 69.3 Å². The third-order valence-electron chi connectivity index (χ3n) is 10.9. The van der Waals surface area contributed by atoms with Crippen LogP contribution in [0.25, 0.3) is 5.57 Å². The van der Waals surface area contributed by atoms with Crippen LogP contribution in [0.5, 0.6) is 11.5 Å². The number of ether oxygens (including phenoxy) is 3. The largest absolute Gasteiger partial charge is 0.497 e. The fourth-order valence-electron chi connectivity index (χ4n) is 8.69. The maximum absolute atomic E-state index is 15.1. The lowest BCUT2D eigenvalue weighted by atomic mass is 9.63. The van der Waals surface area contributed by atoms with Crippen LogP contribution in [-0.2, 0) is 31.9 Å². The Labute approximate surface area is 284 Å². The van der Waals surface area contributed by atoms with Gasteiger partial charge >= 0.3 is 0 Å². The maximum atomic E-state index is 15.1. The number of fused-ring (bicyclic) bond motifs is 1. The van der Waals surface area contributed by atoms with Gasteiger partial charge in [0.25, 0.3) is 5.91 Å². The van der Waals surface area contributed by atoms with Crippen molar-refractivity contribution in [3.63, 3.8) is 0 Å². The van der Waals surface area contributed by atoms with E-state index in [1.807, 2.05) is 59.5 Å². The summed E-state index contributed by atoms with van der Waals surface area (Å²) < 4.78 is 18.5. The van der Waals surface area contributed by atoms with Gasteiger partial charge in [-0.15, -0.1) is 0 Å². The van der Waals surface area contributed by atoms with Crippen molar-refractivity contribution in [2.24, 2.45) is 11.8 Å². The van der Waals surface area contributed by atoms with E-state index in [-0.39, 0.29) is 43.2 Å². The van der Waals surface area contributed by atoms with Crippen molar-refractivity contribution in [2.75, 3.05) is 32.3 Å². The Balaban J connectivity index is 1.48. The highest BCUT2D eigenvalue weighted by Crippen LogP contribution is 2.63. The van der Waals surface area contributed by atoms with Gasteiger partial charge in [-0.05, 0) is 67.2 Å². The number of hydrogen-bond acceptors (Lipinski definition) is 6. The molecule has 1 saturated heterocycles. The quantitative estimate of drug-likeness (QED) is 0.270. The summed E-state index contributed by atoms with van der Waals surface area (Å²) in [6.07, 6.45) is 1.58. The molecule has 0 unspecified atom stereocenters. The summed E-state index contributed by atoms with van der Waals surface area (Å²) in [5, 5.41) is 9.96. The number of carbonyl (C=O) groups excluding carboxylic acids is 2. The standard InChI is InChI=1S/C40H48N2O6/c1-25-23-38(3,4)42-36-31(25)20-30(47-8)21-32(36)40(37(42)45)26(2)35(39(5,6)28-14-16-29(46-7)17-15-28)33(48-40)22-34(44)41(18-19-43)24-27-12-10-9-11-13-27/h9-17,20-21,23,26,33,35,43H,18-19,22,24H2,1-8H3/t26-,33+,35-,40+/m1/s1. The van der Waals surface area contributed by atoms with Crippen molar-refractivity contribution in [3.05, 3.63) is 95.1 Å². The zero-order valence-corrected chi connectivity index (χ0v) is 29.4. The molecule has 8 nitrogen and oxygen atoms in total. The number of carbonyl (C=O) groups is 2. The van der Waals surface area contributed by atoms with Gasteiger partial charge in [0.1, 0.15) is 11.5 Å². The van der Waals surface area contributed by atoms with Gasteiger partial charge < -0.3 is 24.2 Å². The fraction of sp³-hybridized carbons (Fsp3) is 0.450. The van der Waals surface area contributed by atoms with Crippen LogP contribution in [-0.4, -0.2) is 60.8 Å². The van der Waals surface area contributed by atoms with Crippen molar-refractivity contribution in [1.82, 2.24) is 4.90 Å². The highest BCUT2D eigenvalue weighted by atomic mass is 16.5. The highest BCUT2D eigenvalue weighted by molar-refractivity contribution is 6.12. The van der Waals surface area contributed by atoms with E-state index in [2.05, 4.69) is 59.8 Å². The molecular formula is C40H48N2O6. The lowest BCUT2D eigenvalue weighted by Crippen LogP contribution is -2.53. The van der Waals surface area contributed by atoms with Crippen LogP contribution in [0.15, 0.2) is 72.8 Å². The Morgan fingerprint density at radius 3 is 2.31 bits per heavy atom. The first-order valence-electron chi connectivity index (χ1n) is 16.8. The number of allylic oxidation sites excluding steroid dienone is 1. The Morgan fingerprint density at radius 1 is 1.02 bits per heavy atom. The van der Waals surface area contributed by atoms with Crippen LogP contribution in [0.4, 0.5) is 5.69 Å². The molecule has 3 aromatic carbocycles. The Hall–Kier alpha value is -4.14. The topological polar surface area (TPSA) is 88.5 Å². The molecule has 1 spiro atoms. The lowest BCUT2D eigenvalue weighted by molar-refractivity contribution is -0.150. The predicted molar refractivity (Wildman–Crippen MR) is 187 cm³/mol. The average molecular weight is 653 g/mol. The van der Waals surface area contributed by atoms with Crippen LogP contribution in [0.3, 0.4) is 0 Å². The summed E-state index contributed by atoms with van der Waals surface area (Å²) in [6, 6.07) is 21.7. The first kappa shape index (κ1) is 33.7. The average Bonchev–Trinajstić information content (AvgIpc) is 3.50. The van der Waals surface area contributed by atoms with Gasteiger partial charge in [-0.2, -0.15) is 0 Å². The second-order valence-corrected chi connectivity index (χ2v) is 14.6. The number of aliphatic hydroxyl groups is 1. The predicted octanol–water partition coefficient (Wildman–Crippen LogP) is 6.48. The summed E-state index contributed by atoms with van der Waals surface area (Å²) in [5.74, 6) is 0.602. The SMILES string of the molecule is COc1ccc(C(C)(C)[C@H]2[C@H](CC(=O)N(CCO)Cc3ccccc3)O[C@@]3(C(=O)N4c5c(cc(OC)cc53)C(C)=CC4(C)C)[C@@H]2C)cc1. The summed E-state index contributed by atoms with van der Waals surface area (Å²) in [6.45, 7) is 13.0. The van der Waals surface area contributed by atoms with E-state index in [4.69, 9.17) is 14.2 Å². The molecule has 2 amide bonds. The molecule has 0 radical (unpaired) electrons. The minimum Gasteiger partial charge on any atom is -0.497 e. The van der Waals surface area contributed by atoms with Gasteiger partial charge in [0.2, 0.25) is 5.91 Å². The van der Waals surface area contributed by atoms with Crippen LogP contribution in [0, 0.1) is 11.8 Å². The number of benzene rings is 3. The minimum atomic E-state index is -1.34. The molecule has 48 heavy (non-hydrogen) atoms. The first-order chi connectivity index (χ1) is 22.8. The van der Waals surface area contributed by atoms with Gasteiger partial charge in [0, 0.05) is 36.1 Å². The molecule has 254 valence electrons. The zero-order chi connectivity index (χ0) is 34.6. The summed E-state index contributed by atoms with van der Waals surface area (Å²) in [7, 11) is 3.29. The van der Waals surface area contributed by atoms with Crippen LogP contribution in [0.1, 0.15) is 70.2 Å². The Kier molecular flexibility index (Phi) is 8.71. The Morgan fingerprint density at radius 2 is 1.69 bits per heavy atom. The summed E-state index contributed by atoms with van der Waals surface area (Å²) in [5.41, 5.74) is 3.27. The van der Waals surface area contributed by atoms with E-state index >= 15 is 4.79 Å². The van der Waals surface area contributed by atoms with Crippen molar-refractivity contribution < 1.29 is 28.9 Å². The molecule has 3 aliphatic rings. The number of rotatable bonds is 10. The molecule has 0 saturated carbocycles. The molecule has 4 atom stereocenters. The minimum absolute atomic E-state index is 0.0588. The monoisotopic (exact) mass is 652 g/mol. The van der Waals surface area contributed by atoms with Crippen molar-refractivity contribution >= 4 is 23.1 Å². The van der Waals surface area contributed by atoms with Crippen LogP contribution < -0.4 is 14.4 Å². The van der Waals surface area contributed by atoms with Crippen LogP contribution in [0.2, 0.25) is 0 Å². The number of methoxy groups -OCH3 is 2. The number of amides is 2. The third kappa shape index (κ3) is 5.30. The van der Waals surface area contributed by atoms with Crippen molar-refractivity contribution in [1.29, 1.82) is 0 Å².